The van der Waals surface area contributed by atoms with Crippen molar-refractivity contribution < 1.29 is 33.0 Å². The van der Waals surface area contributed by atoms with Crippen molar-refractivity contribution in [3.05, 3.63) is 64.7 Å². The highest BCUT2D eigenvalue weighted by Crippen LogP contribution is 2.38. The van der Waals surface area contributed by atoms with Crippen molar-refractivity contribution in [1.29, 1.82) is 0 Å². The van der Waals surface area contributed by atoms with Gasteiger partial charge in [0.1, 0.15) is 0 Å². The van der Waals surface area contributed by atoms with Crippen LogP contribution in [0.2, 0.25) is 0 Å². The summed E-state index contributed by atoms with van der Waals surface area (Å²) in [6.07, 6.45) is -6.20. The second-order valence-corrected chi connectivity index (χ2v) is 6.39. The van der Waals surface area contributed by atoms with Crippen molar-refractivity contribution in [2.45, 2.75) is 31.7 Å². The first-order valence-electron chi connectivity index (χ1n) is 8.13. The molecule has 2 aromatic carbocycles. The number of aliphatic hydroxyl groups is 1. The molecule has 0 aromatic heterocycles. The Kier molecular flexibility index (Phi) is 4.69. The van der Waals surface area contributed by atoms with E-state index in [9.17, 15) is 27.9 Å². The zero-order valence-electron chi connectivity index (χ0n) is 14.2. The summed E-state index contributed by atoms with van der Waals surface area (Å²) >= 11 is 0. The molecular formula is C19H16F3NO4. The SMILES string of the molecule is CC(c1cccc(N2Cc3c(cccc3C(F)(F)F)C2=O)c1)C(O)C(=O)O. The molecule has 142 valence electrons. The van der Waals surface area contributed by atoms with Crippen LogP contribution in [0.25, 0.3) is 0 Å². The van der Waals surface area contributed by atoms with Crippen LogP contribution in [-0.2, 0) is 17.5 Å². The number of benzene rings is 2. The van der Waals surface area contributed by atoms with E-state index in [1.807, 2.05) is 0 Å². The van der Waals surface area contributed by atoms with Crippen molar-refractivity contribution in [2.24, 2.45) is 0 Å². The lowest BCUT2D eigenvalue weighted by molar-refractivity contribution is -0.147. The number of amides is 1. The Hall–Kier alpha value is -2.87. The fourth-order valence-corrected chi connectivity index (χ4v) is 3.18. The number of carbonyl (C=O) groups excluding carboxylic acids is 1. The number of aliphatic hydroxyl groups excluding tert-OH is 1. The third-order valence-corrected chi connectivity index (χ3v) is 4.71. The van der Waals surface area contributed by atoms with Crippen molar-refractivity contribution in [2.75, 3.05) is 4.90 Å². The lowest BCUT2D eigenvalue weighted by Crippen LogP contribution is -2.26. The van der Waals surface area contributed by atoms with Crippen molar-refractivity contribution >= 4 is 17.6 Å². The minimum atomic E-state index is -4.57. The van der Waals surface area contributed by atoms with E-state index in [-0.39, 0.29) is 17.7 Å². The number of fused-ring (bicyclic) bond motifs is 1. The largest absolute Gasteiger partial charge is 0.479 e. The molecule has 1 aliphatic heterocycles. The molecule has 0 saturated carbocycles. The predicted octanol–water partition coefficient (Wildman–Crippen LogP) is 3.41. The Balaban J connectivity index is 1.96. The maximum Gasteiger partial charge on any atom is 0.416 e. The molecule has 1 aliphatic rings. The van der Waals surface area contributed by atoms with Gasteiger partial charge in [0.2, 0.25) is 0 Å². The molecular weight excluding hydrogens is 363 g/mol. The maximum atomic E-state index is 13.2. The minimum Gasteiger partial charge on any atom is -0.479 e. The van der Waals surface area contributed by atoms with E-state index in [4.69, 9.17) is 5.11 Å². The fraction of sp³-hybridized carbons (Fsp3) is 0.263. The number of hydrogen-bond acceptors (Lipinski definition) is 3. The summed E-state index contributed by atoms with van der Waals surface area (Å²) in [4.78, 5) is 24.8. The number of alkyl halides is 3. The fourth-order valence-electron chi connectivity index (χ4n) is 3.18. The summed E-state index contributed by atoms with van der Waals surface area (Å²) in [6.45, 7) is 1.28. The van der Waals surface area contributed by atoms with Gasteiger partial charge in [-0.2, -0.15) is 13.2 Å². The molecule has 27 heavy (non-hydrogen) atoms. The average Bonchev–Trinajstić information content (AvgIpc) is 2.96. The van der Waals surface area contributed by atoms with E-state index >= 15 is 0 Å². The summed E-state index contributed by atoms with van der Waals surface area (Å²) in [7, 11) is 0. The molecule has 1 heterocycles. The molecule has 0 aliphatic carbocycles. The number of aliphatic carboxylic acids is 1. The van der Waals surface area contributed by atoms with E-state index in [0.29, 0.717) is 11.3 Å². The summed E-state index contributed by atoms with van der Waals surface area (Å²) in [5.74, 6) is -2.69. The molecule has 2 atom stereocenters. The van der Waals surface area contributed by atoms with Gasteiger partial charge < -0.3 is 15.1 Å². The topological polar surface area (TPSA) is 77.8 Å². The smallest absolute Gasteiger partial charge is 0.416 e. The molecule has 3 rings (SSSR count). The zero-order valence-corrected chi connectivity index (χ0v) is 14.2. The Morgan fingerprint density at radius 2 is 1.85 bits per heavy atom. The number of rotatable bonds is 4. The Morgan fingerprint density at radius 1 is 1.19 bits per heavy atom. The molecule has 0 spiro atoms. The third-order valence-electron chi connectivity index (χ3n) is 4.71. The number of carboxylic acid groups (broad SMARTS) is 1. The van der Waals surface area contributed by atoms with E-state index in [1.54, 1.807) is 18.2 Å². The first kappa shape index (κ1) is 18.9. The number of carboxylic acids is 1. The number of halogens is 3. The number of carbonyl (C=O) groups is 2. The summed E-state index contributed by atoms with van der Waals surface area (Å²) in [5, 5.41) is 18.7. The first-order chi connectivity index (χ1) is 12.6. The van der Waals surface area contributed by atoms with Crippen molar-refractivity contribution in [3.8, 4) is 0 Å². The normalized spacial score (nSPS) is 16.2. The van der Waals surface area contributed by atoms with Crippen LogP contribution in [0.5, 0.6) is 0 Å². The van der Waals surface area contributed by atoms with Crippen LogP contribution in [0.15, 0.2) is 42.5 Å². The summed E-state index contributed by atoms with van der Waals surface area (Å²) in [6, 6.07) is 9.72. The molecule has 0 fully saturated rings. The molecule has 8 heteroatoms. The predicted molar refractivity (Wildman–Crippen MR) is 90.5 cm³/mol. The quantitative estimate of drug-likeness (QED) is 0.853. The molecule has 2 unspecified atom stereocenters. The molecule has 5 nitrogen and oxygen atoms in total. The Bertz CT molecular complexity index is 910. The van der Waals surface area contributed by atoms with Gasteiger partial charge in [0.25, 0.3) is 5.91 Å². The molecule has 2 aromatic rings. The standard InChI is InChI=1S/C19H16F3NO4/c1-10(16(24)18(26)27)11-4-2-5-12(8-11)23-9-14-13(17(23)25)6-3-7-15(14)19(20,21)22/h2-8,10,16,24H,9H2,1H3,(H,26,27). The lowest BCUT2D eigenvalue weighted by atomic mass is 9.95. The van der Waals surface area contributed by atoms with E-state index in [2.05, 4.69) is 0 Å². The highest BCUT2D eigenvalue weighted by molar-refractivity contribution is 6.10. The van der Waals surface area contributed by atoms with Crippen LogP contribution in [0.3, 0.4) is 0 Å². The third kappa shape index (κ3) is 3.40. The van der Waals surface area contributed by atoms with Gasteiger partial charge in [-0.3, -0.25) is 4.79 Å². The van der Waals surface area contributed by atoms with Gasteiger partial charge in [0.15, 0.2) is 6.10 Å². The second-order valence-electron chi connectivity index (χ2n) is 6.39. The zero-order chi connectivity index (χ0) is 19.9. The van der Waals surface area contributed by atoms with E-state index in [0.717, 1.165) is 6.07 Å². The molecule has 0 radical (unpaired) electrons. The second kappa shape index (κ2) is 6.70. The molecule has 2 N–H and O–H groups in total. The van der Waals surface area contributed by atoms with Gasteiger partial charge in [0.05, 0.1) is 12.1 Å². The molecule has 0 bridgehead atoms. The number of nitrogens with zero attached hydrogens (tertiary/aromatic N) is 1. The monoisotopic (exact) mass is 379 g/mol. The van der Waals surface area contributed by atoms with Gasteiger partial charge >= 0.3 is 12.1 Å². The highest BCUT2D eigenvalue weighted by atomic mass is 19.4. The average molecular weight is 379 g/mol. The summed E-state index contributed by atoms with van der Waals surface area (Å²) < 4.78 is 39.7. The summed E-state index contributed by atoms with van der Waals surface area (Å²) in [5.41, 5.74) is -0.136. The lowest BCUT2D eigenvalue weighted by Gasteiger charge is -2.20. The van der Waals surface area contributed by atoms with Crippen LogP contribution in [-0.4, -0.2) is 28.2 Å². The van der Waals surface area contributed by atoms with Gasteiger partial charge in [0, 0.05) is 17.2 Å². The van der Waals surface area contributed by atoms with Crippen molar-refractivity contribution in [1.82, 2.24) is 0 Å². The first-order valence-corrected chi connectivity index (χ1v) is 8.13. The number of hydrogen-bond donors (Lipinski definition) is 2. The van der Waals surface area contributed by atoms with Crippen LogP contribution in [0, 0.1) is 0 Å². The van der Waals surface area contributed by atoms with Gasteiger partial charge in [-0.25, -0.2) is 4.79 Å². The molecule has 1 amide bonds. The number of anilines is 1. The van der Waals surface area contributed by atoms with Gasteiger partial charge in [-0.05, 0) is 35.4 Å². The van der Waals surface area contributed by atoms with Crippen LogP contribution in [0.4, 0.5) is 18.9 Å². The maximum absolute atomic E-state index is 13.2. The van der Waals surface area contributed by atoms with Gasteiger partial charge in [-0.15, -0.1) is 0 Å². The highest BCUT2D eigenvalue weighted by Gasteiger charge is 2.39. The molecule has 0 saturated heterocycles. The van der Waals surface area contributed by atoms with E-state index < -0.39 is 35.6 Å². The van der Waals surface area contributed by atoms with E-state index in [1.165, 1.54) is 30.0 Å². The van der Waals surface area contributed by atoms with Crippen molar-refractivity contribution in [3.63, 3.8) is 0 Å². The van der Waals surface area contributed by atoms with Gasteiger partial charge in [-0.1, -0.05) is 25.1 Å². The van der Waals surface area contributed by atoms with Crippen LogP contribution >= 0.6 is 0 Å². The Labute approximate surface area is 152 Å². The Morgan fingerprint density at radius 3 is 2.48 bits per heavy atom. The minimum absolute atomic E-state index is 0.00570. The van der Waals surface area contributed by atoms with Crippen LogP contribution in [0.1, 0.15) is 39.9 Å². The van der Waals surface area contributed by atoms with Crippen LogP contribution < -0.4 is 4.90 Å².